The van der Waals surface area contributed by atoms with Gasteiger partial charge < -0.3 is 5.11 Å². The molecule has 0 aliphatic rings. The standard InChI is InChI=1S/C12H10N4OS/c17-7-11-14-15-12(18)16(11)9-3-4-10-8(6-9)2-1-5-13-10/h1-6,17H,7H2,(H,15,18). The van der Waals surface area contributed by atoms with Crippen LogP contribution in [0.1, 0.15) is 5.82 Å². The maximum atomic E-state index is 9.24. The van der Waals surface area contributed by atoms with Gasteiger partial charge >= 0.3 is 0 Å². The van der Waals surface area contributed by atoms with Gasteiger partial charge in [-0.2, -0.15) is 5.10 Å². The second kappa shape index (κ2) is 4.32. The first-order chi connectivity index (χ1) is 8.79. The molecule has 0 radical (unpaired) electrons. The SMILES string of the molecule is OCc1n[nH]c(=S)n1-c1ccc2ncccc2c1. The number of pyridine rings is 1. The lowest BCUT2D eigenvalue weighted by atomic mass is 10.2. The lowest BCUT2D eigenvalue weighted by Gasteiger charge is -2.06. The van der Waals surface area contributed by atoms with E-state index in [0.717, 1.165) is 16.6 Å². The number of aromatic amines is 1. The van der Waals surface area contributed by atoms with E-state index >= 15 is 0 Å². The molecule has 0 unspecified atom stereocenters. The van der Waals surface area contributed by atoms with Crippen LogP contribution in [0.5, 0.6) is 0 Å². The van der Waals surface area contributed by atoms with Crippen molar-refractivity contribution in [2.45, 2.75) is 6.61 Å². The number of rotatable bonds is 2. The van der Waals surface area contributed by atoms with Gasteiger partial charge in [0.2, 0.25) is 0 Å². The number of hydrogen-bond acceptors (Lipinski definition) is 4. The van der Waals surface area contributed by atoms with Gasteiger partial charge in [-0.05, 0) is 36.5 Å². The first kappa shape index (κ1) is 11.1. The molecule has 0 spiro atoms. The molecule has 0 amide bonds. The van der Waals surface area contributed by atoms with E-state index in [4.69, 9.17) is 12.2 Å². The van der Waals surface area contributed by atoms with Gasteiger partial charge in [0.15, 0.2) is 10.6 Å². The Hall–Kier alpha value is -2.05. The van der Waals surface area contributed by atoms with Crippen LogP contribution in [-0.4, -0.2) is 24.9 Å². The molecule has 0 fully saturated rings. The van der Waals surface area contributed by atoms with Crippen LogP contribution in [0.2, 0.25) is 0 Å². The number of aliphatic hydroxyl groups excluding tert-OH is 1. The van der Waals surface area contributed by atoms with Crippen molar-refractivity contribution < 1.29 is 5.11 Å². The zero-order valence-electron chi connectivity index (χ0n) is 9.37. The molecule has 0 aliphatic carbocycles. The summed E-state index contributed by atoms with van der Waals surface area (Å²) in [5, 5.41) is 16.9. The van der Waals surface area contributed by atoms with Crippen molar-refractivity contribution in [3.8, 4) is 5.69 Å². The van der Waals surface area contributed by atoms with Crippen LogP contribution >= 0.6 is 12.2 Å². The summed E-state index contributed by atoms with van der Waals surface area (Å²) in [5.41, 5.74) is 1.78. The Morgan fingerprint density at radius 2 is 2.22 bits per heavy atom. The fourth-order valence-electron chi connectivity index (χ4n) is 1.90. The van der Waals surface area contributed by atoms with Crippen LogP contribution in [0.3, 0.4) is 0 Å². The van der Waals surface area contributed by atoms with E-state index in [-0.39, 0.29) is 6.61 Å². The van der Waals surface area contributed by atoms with E-state index in [2.05, 4.69) is 15.2 Å². The summed E-state index contributed by atoms with van der Waals surface area (Å²) < 4.78 is 2.17. The van der Waals surface area contributed by atoms with Gasteiger partial charge in [-0.25, -0.2) is 0 Å². The average Bonchev–Trinajstić information content (AvgIpc) is 2.79. The smallest absolute Gasteiger partial charge is 0.199 e. The first-order valence-corrected chi connectivity index (χ1v) is 5.83. The molecule has 3 aromatic rings. The van der Waals surface area contributed by atoms with Crippen molar-refractivity contribution in [2.75, 3.05) is 0 Å². The van der Waals surface area contributed by atoms with E-state index in [0.29, 0.717) is 10.6 Å². The van der Waals surface area contributed by atoms with Crippen LogP contribution in [0, 0.1) is 4.77 Å². The molecule has 90 valence electrons. The highest BCUT2D eigenvalue weighted by Crippen LogP contribution is 2.18. The maximum absolute atomic E-state index is 9.24. The number of nitrogens with one attached hydrogen (secondary N) is 1. The molecule has 1 aromatic carbocycles. The Balaban J connectivity index is 2.25. The molecule has 18 heavy (non-hydrogen) atoms. The number of aliphatic hydroxyl groups is 1. The lowest BCUT2D eigenvalue weighted by Crippen LogP contribution is -2.01. The quantitative estimate of drug-likeness (QED) is 0.690. The molecular weight excluding hydrogens is 248 g/mol. The van der Waals surface area contributed by atoms with Crippen LogP contribution < -0.4 is 0 Å². The van der Waals surface area contributed by atoms with Gasteiger partial charge in [-0.3, -0.25) is 14.6 Å². The number of hydrogen-bond donors (Lipinski definition) is 2. The van der Waals surface area contributed by atoms with E-state index in [1.54, 1.807) is 10.8 Å². The molecule has 2 aromatic heterocycles. The molecule has 0 saturated heterocycles. The summed E-state index contributed by atoms with van der Waals surface area (Å²) in [5.74, 6) is 0.489. The van der Waals surface area contributed by atoms with E-state index < -0.39 is 0 Å². The van der Waals surface area contributed by atoms with E-state index in [9.17, 15) is 5.11 Å². The second-order valence-corrected chi connectivity index (χ2v) is 4.21. The molecule has 6 heteroatoms. The molecule has 0 atom stereocenters. The summed E-state index contributed by atoms with van der Waals surface area (Å²) in [6.45, 7) is -0.168. The summed E-state index contributed by atoms with van der Waals surface area (Å²) in [7, 11) is 0. The van der Waals surface area contributed by atoms with Crippen molar-refractivity contribution >= 4 is 23.1 Å². The van der Waals surface area contributed by atoms with Crippen LogP contribution in [0.15, 0.2) is 36.5 Å². The maximum Gasteiger partial charge on any atom is 0.199 e. The van der Waals surface area contributed by atoms with Gasteiger partial charge in [-0.15, -0.1) is 0 Å². The fraction of sp³-hybridized carbons (Fsp3) is 0.0833. The monoisotopic (exact) mass is 258 g/mol. The van der Waals surface area contributed by atoms with Crippen LogP contribution in [-0.2, 0) is 6.61 Å². The Morgan fingerprint density at radius 1 is 1.33 bits per heavy atom. The fourth-order valence-corrected chi connectivity index (χ4v) is 2.16. The van der Waals surface area contributed by atoms with E-state index in [1.807, 2.05) is 30.3 Å². The number of fused-ring (bicyclic) bond motifs is 1. The van der Waals surface area contributed by atoms with Gasteiger partial charge in [0.25, 0.3) is 0 Å². The van der Waals surface area contributed by atoms with Gasteiger partial charge in [0.1, 0.15) is 6.61 Å². The highest BCUT2D eigenvalue weighted by Gasteiger charge is 2.07. The normalized spacial score (nSPS) is 10.9. The number of nitrogens with zero attached hydrogens (tertiary/aromatic N) is 3. The number of H-pyrrole nitrogens is 1. The Kier molecular flexibility index (Phi) is 2.66. The van der Waals surface area contributed by atoms with Crippen LogP contribution in [0.25, 0.3) is 16.6 Å². The Morgan fingerprint density at radius 3 is 3.06 bits per heavy atom. The summed E-state index contributed by atoms with van der Waals surface area (Å²) >= 11 is 5.16. The van der Waals surface area contributed by atoms with Gasteiger partial charge in [0.05, 0.1) is 11.2 Å². The molecule has 2 heterocycles. The first-order valence-electron chi connectivity index (χ1n) is 5.42. The summed E-state index contributed by atoms with van der Waals surface area (Å²) in [4.78, 5) is 4.26. The third-order valence-corrected chi connectivity index (χ3v) is 3.00. The third kappa shape index (κ3) is 1.71. The second-order valence-electron chi connectivity index (χ2n) is 3.82. The summed E-state index contributed by atoms with van der Waals surface area (Å²) in [6.07, 6.45) is 1.75. The molecule has 0 saturated carbocycles. The zero-order chi connectivity index (χ0) is 12.5. The van der Waals surface area contributed by atoms with Crippen molar-refractivity contribution in [3.05, 3.63) is 47.1 Å². The molecule has 5 nitrogen and oxygen atoms in total. The highest BCUT2D eigenvalue weighted by molar-refractivity contribution is 7.71. The van der Waals surface area contributed by atoms with Crippen molar-refractivity contribution in [1.29, 1.82) is 0 Å². The topological polar surface area (TPSA) is 66.7 Å². The Labute approximate surface area is 108 Å². The van der Waals surface area contributed by atoms with Crippen molar-refractivity contribution in [1.82, 2.24) is 19.7 Å². The molecule has 3 rings (SSSR count). The summed E-state index contributed by atoms with van der Waals surface area (Å²) in [6, 6.07) is 9.65. The minimum atomic E-state index is -0.168. The van der Waals surface area contributed by atoms with E-state index in [1.165, 1.54) is 0 Å². The van der Waals surface area contributed by atoms with Gasteiger partial charge in [-0.1, -0.05) is 6.07 Å². The highest BCUT2D eigenvalue weighted by atomic mass is 32.1. The average molecular weight is 258 g/mol. The van der Waals surface area contributed by atoms with Crippen molar-refractivity contribution in [2.24, 2.45) is 0 Å². The minimum Gasteiger partial charge on any atom is -0.388 e. The largest absolute Gasteiger partial charge is 0.388 e. The number of benzene rings is 1. The zero-order valence-corrected chi connectivity index (χ0v) is 10.2. The predicted molar refractivity (Wildman–Crippen MR) is 70.0 cm³/mol. The van der Waals surface area contributed by atoms with Gasteiger partial charge in [0, 0.05) is 11.6 Å². The predicted octanol–water partition coefficient (Wildman–Crippen LogP) is 1.97. The molecule has 2 N–H and O–H groups in total. The minimum absolute atomic E-state index is 0.168. The molecule has 0 aliphatic heterocycles. The van der Waals surface area contributed by atoms with Crippen LogP contribution in [0.4, 0.5) is 0 Å². The number of aromatic nitrogens is 4. The third-order valence-electron chi connectivity index (χ3n) is 2.73. The molecular formula is C12H10N4OS. The van der Waals surface area contributed by atoms with Crippen molar-refractivity contribution in [3.63, 3.8) is 0 Å². The molecule has 0 bridgehead atoms. The lowest BCUT2D eigenvalue weighted by molar-refractivity contribution is 0.269. The Bertz CT molecular complexity index is 762.